The molecule has 1 aliphatic heterocycles. The molecule has 0 amide bonds. The molecule has 1 atom stereocenters. The monoisotopic (exact) mass is 152 g/mol. The molecule has 1 aromatic rings. The van der Waals surface area contributed by atoms with Crippen molar-refractivity contribution in [3.8, 4) is 0 Å². The van der Waals surface area contributed by atoms with Gasteiger partial charge in [-0.3, -0.25) is 0 Å². The van der Waals surface area contributed by atoms with Crippen LogP contribution in [0.3, 0.4) is 0 Å². The molecule has 1 aliphatic rings. The Morgan fingerprint density at radius 2 is 2.64 bits per heavy atom. The van der Waals surface area contributed by atoms with Crippen LogP contribution in [0, 0.1) is 6.92 Å². The highest BCUT2D eigenvalue weighted by Gasteiger charge is 2.19. The van der Waals surface area contributed by atoms with Crippen molar-refractivity contribution in [2.45, 2.75) is 25.8 Å². The molecule has 2 heterocycles. The zero-order chi connectivity index (χ0) is 7.68. The van der Waals surface area contributed by atoms with E-state index >= 15 is 0 Å². The Labute approximate surface area is 65.8 Å². The van der Waals surface area contributed by atoms with Crippen molar-refractivity contribution >= 4 is 0 Å². The minimum Gasteiger partial charge on any atom is -0.444 e. The van der Waals surface area contributed by atoms with Gasteiger partial charge in [-0.1, -0.05) is 0 Å². The second kappa shape index (κ2) is 2.66. The lowest BCUT2D eigenvalue weighted by atomic mass is 10.2. The van der Waals surface area contributed by atoms with E-state index in [4.69, 9.17) is 4.42 Å². The first-order chi connectivity index (χ1) is 5.36. The first kappa shape index (κ1) is 6.85. The summed E-state index contributed by atoms with van der Waals surface area (Å²) in [5.74, 6) is 1.74. The number of nitrogens with one attached hydrogen (secondary N) is 1. The fraction of sp³-hybridized carbons (Fsp3) is 0.625. The Bertz CT molecular complexity index is 238. The number of hydrogen-bond donors (Lipinski definition) is 1. The van der Waals surface area contributed by atoms with Crippen molar-refractivity contribution in [2.75, 3.05) is 6.54 Å². The Kier molecular flexibility index (Phi) is 1.66. The lowest BCUT2D eigenvalue weighted by molar-refractivity contribution is 0.414. The molecule has 0 spiro atoms. The third kappa shape index (κ3) is 1.28. The summed E-state index contributed by atoms with van der Waals surface area (Å²) in [7, 11) is 0. The minimum absolute atomic E-state index is 0.365. The molecule has 3 nitrogen and oxygen atoms in total. The van der Waals surface area contributed by atoms with Crippen LogP contribution in [0.5, 0.6) is 0 Å². The molecular weight excluding hydrogens is 140 g/mol. The van der Waals surface area contributed by atoms with E-state index in [2.05, 4.69) is 10.3 Å². The molecule has 0 aliphatic carbocycles. The van der Waals surface area contributed by atoms with Gasteiger partial charge in [0.15, 0.2) is 0 Å². The van der Waals surface area contributed by atoms with Gasteiger partial charge in [0, 0.05) is 0 Å². The first-order valence-electron chi connectivity index (χ1n) is 4.02. The molecule has 0 radical (unpaired) electrons. The molecule has 0 aromatic carbocycles. The van der Waals surface area contributed by atoms with E-state index in [0.29, 0.717) is 6.04 Å². The summed E-state index contributed by atoms with van der Waals surface area (Å²) in [5, 5.41) is 3.33. The Balaban J connectivity index is 2.15. The molecule has 2 rings (SSSR count). The maximum atomic E-state index is 5.39. The Morgan fingerprint density at radius 1 is 1.73 bits per heavy atom. The third-order valence-electron chi connectivity index (χ3n) is 2.00. The second-order valence-electron chi connectivity index (χ2n) is 2.96. The van der Waals surface area contributed by atoms with Gasteiger partial charge in [-0.05, 0) is 26.3 Å². The molecule has 1 saturated heterocycles. The largest absolute Gasteiger partial charge is 0.444 e. The van der Waals surface area contributed by atoms with E-state index in [1.54, 1.807) is 6.20 Å². The van der Waals surface area contributed by atoms with Gasteiger partial charge < -0.3 is 9.73 Å². The lowest BCUT2D eigenvalue weighted by Gasteiger charge is -2.02. The molecule has 11 heavy (non-hydrogen) atoms. The van der Waals surface area contributed by atoms with Crippen LogP contribution in [0.2, 0.25) is 0 Å². The smallest absolute Gasteiger partial charge is 0.211 e. The summed E-state index contributed by atoms with van der Waals surface area (Å²) in [6.07, 6.45) is 4.15. The lowest BCUT2D eigenvalue weighted by Crippen LogP contribution is -2.12. The van der Waals surface area contributed by atoms with E-state index in [0.717, 1.165) is 24.6 Å². The number of aromatic nitrogens is 1. The van der Waals surface area contributed by atoms with Crippen molar-refractivity contribution in [1.82, 2.24) is 10.3 Å². The van der Waals surface area contributed by atoms with Crippen molar-refractivity contribution < 1.29 is 4.42 Å². The molecule has 1 N–H and O–H groups in total. The van der Waals surface area contributed by atoms with Crippen LogP contribution in [-0.2, 0) is 0 Å². The predicted molar refractivity (Wildman–Crippen MR) is 41.2 cm³/mol. The molecule has 60 valence electrons. The summed E-state index contributed by atoms with van der Waals surface area (Å²) in [6, 6.07) is 0.365. The highest BCUT2D eigenvalue weighted by atomic mass is 16.4. The Morgan fingerprint density at radius 3 is 3.18 bits per heavy atom. The summed E-state index contributed by atoms with van der Waals surface area (Å²) in [5.41, 5.74) is 0. The zero-order valence-electron chi connectivity index (χ0n) is 6.63. The zero-order valence-corrected chi connectivity index (χ0v) is 6.63. The van der Waals surface area contributed by atoms with Crippen LogP contribution in [0.1, 0.15) is 30.5 Å². The van der Waals surface area contributed by atoms with E-state index in [1.165, 1.54) is 6.42 Å². The standard InChI is InChI=1S/C8H12N2O/c1-6-5-10-8(11-6)7-3-2-4-9-7/h5,7,9H,2-4H2,1H3/t7-/m0/s1. The molecular formula is C8H12N2O. The van der Waals surface area contributed by atoms with E-state index in [1.807, 2.05) is 6.92 Å². The average molecular weight is 152 g/mol. The second-order valence-corrected chi connectivity index (χ2v) is 2.96. The van der Waals surface area contributed by atoms with Crippen LogP contribution in [0.4, 0.5) is 0 Å². The van der Waals surface area contributed by atoms with Crippen LogP contribution in [-0.4, -0.2) is 11.5 Å². The molecule has 0 unspecified atom stereocenters. The third-order valence-corrected chi connectivity index (χ3v) is 2.00. The van der Waals surface area contributed by atoms with Crippen molar-refractivity contribution in [3.05, 3.63) is 17.8 Å². The van der Waals surface area contributed by atoms with Gasteiger partial charge in [0.25, 0.3) is 0 Å². The molecule has 1 aromatic heterocycles. The number of aryl methyl sites for hydroxylation is 1. The quantitative estimate of drug-likeness (QED) is 0.661. The number of nitrogens with zero attached hydrogens (tertiary/aromatic N) is 1. The minimum atomic E-state index is 0.365. The fourth-order valence-electron chi connectivity index (χ4n) is 1.43. The van der Waals surface area contributed by atoms with Gasteiger partial charge in [-0.2, -0.15) is 0 Å². The highest BCUT2D eigenvalue weighted by molar-refractivity contribution is 4.97. The number of hydrogen-bond acceptors (Lipinski definition) is 3. The first-order valence-corrected chi connectivity index (χ1v) is 4.02. The normalized spacial score (nSPS) is 24.3. The number of rotatable bonds is 1. The molecule has 0 bridgehead atoms. The number of oxazole rings is 1. The van der Waals surface area contributed by atoms with Crippen LogP contribution < -0.4 is 5.32 Å². The van der Waals surface area contributed by atoms with Gasteiger partial charge >= 0.3 is 0 Å². The van der Waals surface area contributed by atoms with E-state index in [-0.39, 0.29) is 0 Å². The summed E-state index contributed by atoms with van der Waals surface area (Å²) in [4.78, 5) is 4.17. The average Bonchev–Trinajstić information content (AvgIpc) is 2.55. The summed E-state index contributed by atoms with van der Waals surface area (Å²) < 4.78 is 5.39. The van der Waals surface area contributed by atoms with Gasteiger partial charge in [-0.15, -0.1) is 0 Å². The molecule has 1 fully saturated rings. The van der Waals surface area contributed by atoms with Gasteiger partial charge in [0.1, 0.15) is 5.76 Å². The maximum Gasteiger partial charge on any atom is 0.211 e. The van der Waals surface area contributed by atoms with Crippen LogP contribution in [0.25, 0.3) is 0 Å². The molecule has 3 heteroatoms. The SMILES string of the molecule is Cc1cnc([C@@H]2CCCN2)o1. The summed E-state index contributed by atoms with van der Waals surface area (Å²) in [6.45, 7) is 3.01. The summed E-state index contributed by atoms with van der Waals surface area (Å²) >= 11 is 0. The van der Waals surface area contributed by atoms with Crippen LogP contribution >= 0.6 is 0 Å². The van der Waals surface area contributed by atoms with Crippen molar-refractivity contribution in [1.29, 1.82) is 0 Å². The Hall–Kier alpha value is -0.830. The van der Waals surface area contributed by atoms with Crippen molar-refractivity contribution in [3.63, 3.8) is 0 Å². The van der Waals surface area contributed by atoms with Gasteiger partial charge in [0.05, 0.1) is 12.2 Å². The van der Waals surface area contributed by atoms with E-state index in [9.17, 15) is 0 Å². The maximum absolute atomic E-state index is 5.39. The fourth-order valence-corrected chi connectivity index (χ4v) is 1.43. The topological polar surface area (TPSA) is 38.1 Å². The predicted octanol–water partition coefficient (Wildman–Crippen LogP) is 1.41. The highest BCUT2D eigenvalue weighted by Crippen LogP contribution is 2.21. The van der Waals surface area contributed by atoms with Crippen molar-refractivity contribution in [2.24, 2.45) is 0 Å². The van der Waals surface area contributed by atoms with Crippen LogP contribution in [0.15, 0.2) is 10.6 Å². The van der Waals surface area contributed by atoms with Gasteiger partial charge in [-0.25, -0.2) is 4.98 Å². The molecule has 0 saturated carbocycles. The van der Waals surface area contributed by atoms with E-state index < -0.39 is 0 Å². The van der Waals surface area contributed by atoms with Gasteiger partial charge in [0.2, 0.25) is 5.89 Å².